The van der Waals surface area contributed by atoms with Crippen LogP contribution in [0.1, 0.15) is 46.0 Å². The maximum absolute atomic E-state index is 11.6. The molecular weight excluding hydrogens is 304 g/mol. The highest BCUT2D eigenvalue weighted by Gasteiger charge is 2.21. The van der Waals surface area contributed by atoms with Gasteiger partial charge < -0.3 is 15.3 Å². The molecule has 0 saturated carbocycles. The van der Waals surface area contributed by atoms with E-state index in [9.17, 15) is 20.1 Å². The molecule has 0 aromatic carbocycles. The van der Waals surface area contributed by atoms with Crippen LogP contribution in [0.15, 0.2) is 48.3 Å². The number of hydrogen-bond acceptors (Lipinski definition) is 4. The minimum atomic E-state index is -1.14. The molecule has 0 saturated heterocycles. The predicted octanol–water partition coefficient (Wildman–Crippen LogP) is 3.62. The Morgan fingerprint density at radius 3 is 2.42 bits per heavy atom. The third-order valence-corrected chi connectivity index (χ3v) is 4.04. The largest absolute Gasteiger partial charge is 0.505 e. The summed E-state index contributed by atoms with van der Waals surface area (Å²) >= 11 is 0. The molecule has 0 spiro atoms. The highest BCUT2D eigenvalue weighted by molar-refractivity contribution is 5.96. The first-order chi connectivity index (χ1) is 11.4. The first-order valence-corrected chi connectivity index (χ1v) is 8.73. The maximum Gasteiger partial charge on any atom is 0.225 e. The van der Waals surface area contributed by atoms with E-state index < -0.39 is 18.0 Å². The van der Waals surface area contributed by atoms with E-state index in [0.29, 0.717) is 12.3 Å². The van der Waals surface area contributed by atoms with Crippen LogP contribution in [0.4, 0.5) is 0 Å². The van der Waals surface area contributed by atoms with Crippen molar-refractivity contribution in [1.29, 1.82) is 0 Å². The zero-order valence-electron chi connectivity index (χ0n) is 14.6. The van der Waals surface area contributed by atoms with E-state index >= 15 is 0 Å². The molecule has 134 valence electrons. The van der Waals surface area contributed by atoms with Crippen molar-refractivity contribution >= 4 is 5.78 Å². The molecule has 0 heterocycles. The van der Waals surface area contributed by atoms with E-state index in [-0.39, 0.29) is 11.7 Å². The van der Waals surface area contributed by atoms with Crippen LogP contribution < -0.4 is 0 Å². The molecular formula is C20H30O4. The monoisotopic (exact) mass is 334 g/mol. The molecule has 0 radical (unpaired) electrons. The van der Waals surface area contributed by atoms with Gasteiger partial charge in [0, 0.05) is 0 Å². The quantitative estimate of drug-likeness (QED) is 0.247. The molecule has 1 aliphatic rings. The molecule has 0 fully saturated rings. The van der Waals surface area contributed by atoms with Crippen LogP contribution in [0.5, 0.6) is 0 Å². The number of Topliss-reactive ketones (excluding diaryl/α,β-unsaturated/α-hetero) is 1. The summed E-state index contributed by atoms with van der Waals surface area (Å²) in [5.41, 5.74) is 0. The van der Waals surface area contributed by atoms with E-state index in [0.717, 1.165) is 25.7 Å². The van der Waals surface area contributed by atoms with Crippen molar-refractivity contribution in [3.63, 3.8) is 0 Å². The Kier molecular flexibility index (Phi) is 9.35. The Balaban J connectivity index is 2.15. The molecule has 1 rings (SSSR count). The second kappa shape index (κ2) is 11.0. The van der Waals surface area contributed by atoms with Gasteiger partial charge in [-0.3, -0.25) is 4.79 Å². The van der Waals surface area contributed by atoms with Crippen LogP contribution in [0, 0.1) is 11.8 Å². The van der Waals surface area contributed by atoms with Crippen molar-refractivity contribution in [2.45, 2.75) is 58.2 Å². The van der Waals surface area contributed by atoms with Gasteiger partial charge in [-0.1, -0.05) is 56.7 Å². The van der Waals surface area contributed by atoms with Gasteiger partial charge in [0.25, 0.3) is 0 Å². The van der Waals surface area contributed by atoms with Crippen molar-refractivity contribution in [1.82, 2.24) is 0 Å². The van der Waals surface area contributed by atoms with Crippen LogP contribution in [0.2, 0.25) is 0 Å². The average Bonchev–Trinajstić information content (AvgIpc) is 2.57. The summed E-state index contributed by atoms with van der Waals surface area (Å²) in [5, 5.41) is 28.5. The Hall–Kier alpha value is -1.65. The lowest BCUT2D eigenvalue weighted by Crippen LogP contribution is -2.27. The van der Waals surface area contributed by atoms with Gasteiger partial charge in [0.1, 0.15) is 6.10 Å². The Bertz CT molecular complexity index is 486. The maximum atomic E-state index is 11.6. The summed E-state index contributed by atoms with van der Waals surface area (Å²) in [4.78, 5) is 11.6. The van der Waals surface area contributed by atoms with E-state index in [1.165, 1.54) is 6.08 Å². The van der Waals surface area contributed by atoms with Crippen LogP contribution in [0.25, 0.3) is 0 Å². The summed E-state index contributed by atoms with van der Waals surface area (Å²) in [7, 11) is 0. The Morgan fingerprint density at radius 1 is 1.12 bits per heavy atom. The van der Waals surface area contributed by atoms with Crippen molar-refractivity contribution in [3.8, 4) is 0 Å². The summed E-state index contributed by atoms with van der Waals surface area (Å²) in [5.74, 6) is -0.757. The number of carbonyl (C=O) groups excluding carboxylic acids is 1. The van der Waals surface area contributed by atoms with Crippen molar-refractivity contribution in [2.75, 3.05) is 0 Å². The number of hydrogen-bond donors (Lipinski definition) is 3. The third kappa shape index (κ3) is 7.75. The topological polar surface area (TPSA) is 77.8 Å². The van der Waals surface area contributed by atoms with Gasteiger partial charge in [-0.2, -0.15) is 0 Å². The second-order valence-electron chi connectivity index (χ2n) is 6.56. The summed E-state index contributed by atoms with van der Waals surface area (Å²) in [6.07, 6.45) is 16.3. The minimum Gasteiger partial charge on any atom is -0.505 e. The number of rotatable bonds is 10. The average molecular weight is 334 g/mol. The highest BCUT2D eigenvalue weighted by atomic mass is 16.3. The lowest BCUT2D eigenvalue weighted by atomic mass is 9.96. The zero-order chi connectivity index (χ0) is 17.9. The van der Waals surface area contributed by atoms with Gasteiger partial charge >= 0.3 is 0 Å². The molecule has 0 unspecified atom stereocenters. The number of allylic oxidation sites excluding steroid dienone is 5. The van der Waals surface area contributed by atoms with Gasteiger partial charge in [-0.05, 0) is 43.6 Å². The molecule has 0 aliphatic heterocycles. The van der Waals surface area contributed by atoms with Gasteiger partial charge in [-0.25, -0.2) is 0 Å². The lowest BCUT2D eigenvalue weighted by molar-refractivity contribution is -0.127. The number of ketones is 1. The first-order valence-electron chi connectivity index (χ1n) is 8.73. The summed E-state index contributed by atoms with van der Waals surface area (Å²) < 4.78 is 0. The van der Waals surface area contributed by atoms with E-state index in [4.69, 9.17) is 0 Å². The molecule has 0 aromatic heterocycles. The van der Waals surface area contributed by atoms with Gasteiger partial charge in [0.2, 0.25) is 5.78 Å². The second-order valence-corrected chi connectivity index (χ2v) is 6.56. The van der Waals surface area contributed by atoms with E-state index in [1.54, 1.807) is 13.8 Å². The molecule has 1 atom stereocenters. The fourth-order valence-corrected chi connectivity index (χ4v) is 2.42. The number of carbonyl (C=O) groups is 1. The number of aliphatic hydroxyl groups excluding tert-OH is 3. The van der Waals surface area contributed by atoms with Crippen LogP contribution in [0.3, 0.4) is 0 Å². The smallest absolute Gasteiger partial charge is 0.225 e. The molecule has 24 heavy (non-hydrogen) atoms. The fourth-order valence-electron chi connectivity index (χ4n) is 2.42. The highest BCUT2D eigenvalue weighted by Crippen LogP contribution is 2.17. The minimum absolute atomic E-state index is 0.208. The van der Waals surface area contributed by atoms with Crippen molar-refractivity contribution < 1.29 is 20.1 Å². The van der Waals surface area contributed by atoms with Crippen LogP contribution in [-0.2, 0) is 4.79 Å². The number of unbranched alkanes of at least 4 members (excludes halogenated alkanes) is 2. The molecule has 1 aliphatic carbocycles. The van der Waals surface area contributed by atoms with Crippen LogP contribution >= 0.6 is 0 Å². The SMILES string of the molecule is CC(C)[C@H](O)C(=O)/C(O)=C/C/C=C\CCCCC1C=CC(O)C=C1. The Morgan fingerprint density at radius 2 is 1.79 bits per heavy atom. The molecule has 0 bridgehead atoms. The summed E-state index contributed by atoms with van der Waals surface area (Å²) in [6, 6.07) is 0. The van der Waals surface area contributed by atoms with E-state index in [2.05, 4.69) is 12.2 Å². The zero-order valence-corrected chi connectivity index (χ0v) is 14.6. The lowest BCUT2D eigenvalue weighted by Gasteiger charge is -2.12. The fraction of sp³-hybridized carbons (Fsp3) is 0.550. The van der Waals surface area contributed by atoms with Gasteiger partial charge in [0.05, 0.1) is 6.10 Å². The van der Waals surface area contributed by atoms with Crippen molar-refractivity contribution in [3.05, 3.63) is 48.3 Å². The third-order valence-electron chi connectivity index (χ3n) is 4.04. The van der Waals surface area contributed by atoms with Gasteiger partial charge in [-0.15, -0.1) is 0 Å². The standard InChI is InChI=1S/C20H30O4/c1-15(2)19(23)20(24)18(22)10-8-6-4-3-5-7-9-16-11-13-17(21)14-12-16/h4,6,10-17,19,21-23H,3,5,7-9H2,1-2H3/b6-4-,18-10-/t16?,17?,19-/m0/s1. The molecule has 0 aromatic rings. The first kappa shape index (κ1) is 20.4. The molecule has 3 N–H and O–H groups in total. The van der Waals surface area contributed by atoms with Crippen molar-refractivity contribution in [2.24, 2.45) is 11.8 Å². The molecule has 4 heteroatoms. The Labute approximate surface area is 144 Å². The molecule has 4 nitrogen and oxygen atoms in total. The van der Waals surface area contributed by atoms with E-state index in [1.807, 2.05) is 24.3 Å². The van der Waals surface area contributed by atoms with Gasteiger partial charge in [0.15, 0.2) is 5.76 Å². The summed E-state index contributed by atoms with van der Waals surface area (Å²) in [6.45, 7) is 3.47. The van der Waals surface area contributed by atoms with Crippen LogP contribution in [-0.4, -0.2) is 33.3 Å². The predicted molar refractivity (Wildman–Crippen MR) is 96.6 cm³/mol. The normalized spacial score (nSPS) is 22.5. The molecule has 0 amide bonds. The number of aliphatic hydroxyl groups is 3.